The zero-order valence-electron chi connectivity index (χ0n) is 11.8. The first-order valence-electron chi connectivity index (χ1n) is 6.80. The van der Waals surface area contributed by atoms with Crippen LogP contribution in [0.1, 0.15) is 13.3 Å². The third-order valence-corrected chi connectivity index (χ3v) is 4.09. The Labute approximate surface area is 116 Å². The molecule has 1 fully saturated rings. The minimum Gasteiger partial charge on any atom is -0.306 e. The van der Waals surface area contributed by atoms with Crippen molar-refractivity contribution in [3.8, 4) is 0 Å². The van der Waals surface area contributed by atoms with Crippen molar-refractivity contribution in [3.05, 3.63) is 40.7 Å². The van der Waals surface area contributed by atoms with Gasteiger partial charge in [-0.3, -0.25) is 9.36 Å². The Bertz CT molecular complexity index is 712. The second kappa shape index (κ2) is 4.66. The predicted octanol–water partition coefficient (Wildman–Crippen LogP) is 1.88. The largest absolute Gasteiger partial charge is 0.306 e. The second-order valence-electron chi connectivity index (χ2n) is 6.14. The van der Waals surface area contributed by atoms with Crippen molar-refractivity contribution in [2.24, 2.45) is 5.41 Å². The smallest absolute Gasteiger partial charge is 0.261 e. The van der Waals surface area contributed by atoms with Gasteiger partial charge in [0.1, 0.15) is 5.82 Å². The monoisotopic (exact) mass is 275 g/mol. The first kappa shape index (κ1) is 13.2. The molecule has 106 valence electrons. The van der Waals surface area contributed by atoms with Crippen LogP contribution in [0.25, 0.3) is 10.9 Å². The molecule has 1 aliphatic rings. The van der Waals surface area contributed by atoms with Crippen molar-refractivity contribution >= 4 is 10.9 Å². The van der Waals surface area contributed by atoms with Gasteiger partial charge in [0, 0.05) is 13.1 Å². The maximum absolute atomic E-state index is 13.3. The van der Waals surface area contributed by atoms with Gasteiger partial charge >= 0.3 is 0 Å². The summed E-state index contributed by atoms with van der Waals surface area (Å²) in [5.74, 6) is -0.402. The van der Waals surface area contributed by atoms with Crippen molar-refractivity contribution in [2.75, 3.05) is 20.1 Å². The van der Waals surface area contributed by atoms with E-state index in [0.717, 1.165) is 19.5 Å². The van der Waals surface area contributed by atoms with Crippen LogP contribution in [0.15, 0.2) is 29.3 Å². The maximum atomic E-state index is 13.3. The minimum absolute atomic E-state index is 0.0707. The predicted molar refractivity (Wildman–Crippen MR) is 76.2 cm³/mol. The van der Waals surface area contributed by atoms with Gasteiger partial charge in [-0.1, -0.05) is 6.92 Å². The standard InChI is InChI=1S/C15H18FN3O/c1-15(5-6-18(2)8-15)9-19-10-17-13-4-3-11(16)7-12(13)14(19)20/h3-4,7,10H,5-6,8-9H2,1-2H3/t15-/m1/s1. The molecular formula is C15H18FN3O. The minimum atomic E-state index is -0.402. The highest BCUT2D eigenvalue weighted by Gasteiger charge is 2.32. The number of rotatable bonds is 2. The number of nitrogens with zero attached hydrogens (tertiary/aromatic N) is 3. The lowest BCUT2D eigenvalue weighted by Crippen LogP contribution is -2.32. The van der Waals surface area contributed by atoms with Crippen molar-refractivity contribution in [2.45, 2.75) is 19.9 Å². The molecule has 20 heavy (non-hydrogen) atoms. The third-order valence-electron chi connectivity index (χ3n) is 4.09. The van der Waals surface area contributed by atoms with Crippen LogP contribution >= 0.6 is 0 Å². The van der Waals surface area contributed by atoms with Gasteiger partial charge in [0.2, 0.25) is 0 Å². The highest BCUT2D eigenvalue weighted by Crippen LogP contribution is 2.30. The van der Waals surface area contributed by atoms with Crippen LogP contribution < -0.4 is 5.56 Å². The van der Waals surface area contributed by atoms with Crippen LogP contribution in [0.2, 0.25) is 0 Å². The Morgan fingerprint density at radius 1 is 1.45 bits per heavy atom. The van der Waals surface area contributed by atoms with Crippen molar-refractivity contribution in [1.29, 1.82) is 0 Å². The lowest BCUT2D eigenvalue weighted by Gasteiger charge is -2.24. The molecule has 0 unspecified atom stereocenters. The number of benzene rings is 1. The Balaban J connectivity index is 2.00. The highest BCUT2D eigenvalue weighted by molar-refractivity contribution is 5.77. The van der Waals surface area contributed by atoms with E-state index in [-0.39, 0.29) is 11.0 Å². The molecule has 3 rings (SSSR count). The van der Waals surface area contributed by atoms with E-state index < -0.39 is 5.82 Å². The quantitative estimate of drug-likeness (QED) is 0.840. The van der Waals surface area contributed by atoms with E-state index in [0.29, 0.717) is 17.4 Å². The SMILES string of the molecule is CN1CC[C@@](C)(Cn2cnc3ccc(F)cc3c2=O)C1. The van der Waals surface area contributed by atoms with Crippen LogP contribution in [0.3, 0.4) is 0 Å². The molecule has 0 N–H and O–H groups in total. The van der Waals surface area contributed by atoms with Gasteiger partial charge in [-0.15, -0.1) is 0 Å². The zero-order chi connectivity index (χ0) is 14.3. The van der Waals surface area contributed by atoms with E-state index in [9.17, 15) is 9.18 Å². The van der Waals surface area contributed by atoms with Crippen molar-refractivity contribution in [1.82, 2.24) is 14.5 Å². The highest BCUT2D eigenvalue weighted by atomic mass is 19.1. The second-order valence-corrected chi connectivity index (χ2v) is 6.14. The summed E-state index contributed by atoms with van der Waals surface area (Å²) < 4.78 is 14.9. The fraction of sp³-hybridized carbons (Fsp3) is 0.467. The van der Waals surface area contributed by atoms with Crippen LogP contribution in [0.5, 0.6) is 0 Å². The van der Waals surface area contributed by atoms with Gasteiger partial charge < -0.3 is 4.90 Å². The fourth-order valence-corrected chi connectivity index (χ4v) is 3.05. The molecule has 1 aromatic heterocycles. The summed E-state index contributed by atoms with van der Waals surface area (Å²) in [4.78, 5) is 19.0. The molecule has 1 aliphatic heterocycles. The van der Waals surface area contributed by atoms with E-state index in [1.54, 1.807) is 17.0 Å². The maximum Gasteiger partial charge on any atom is 0.261 e. The van der Waals surface area contributed by atoms with E-state index in [1.807, 2.05) is 0 Å². The summed E-state index contributed by atoms with van der Waals surface area (Å²) in [6.45, 7) is 4.80. The molecular weight excluding hydrogens is 257 g/mol. The first-order valence-corrected chi connectivity index (χ1v) is 6.80. The van der Waals surface area contributed by atoms with Gasteiger partial charge in [-0.2, -0.15) is 0 Å². The Hall–Kier alpha value is -1.75. The molecule has 0 radical (unpaired) electrons. The normalized spacial score (nSPS) is 23.6. The van der Waals surface area contributed by atoms with Gasteiger partial charge in [-0.25, -0.2) is 9.37 Å². The molecule has 2 aromatic rings. The molecule has 0 amide bonds. The van der Waals surface area contributed by atoms with Gasteiger partial charge in [0.25, 0.3) is 5.56 Å². The number of hydrogen-bond acceptors (Lipinski definition) is 3. The third kappa shape index (κ3) is 2.33. The lowest BCUT2D eigenvalue weighted by atomic mass is 9.90. The summed E-state index contributed by atoms with van der Waals surface area (Å²) in [5, 5.41) is 0.349. The number of aromatic nitrogens is 2. The van der Waals surface area contributed by atoms with Gasteiger partial charge in [0.15, 0.2) is 0 Å². The molecule has 0 saturated carbocycles. The van der Waals surface area contributed by atoms with Crippen LogP contribution in [-0.2, 0) is 6.54 Å². The van der Waals surface area contributed by atoms with Crippen molar-refractivity contribution in [3.63, 3.8) is 0 Å². The summed E-state index contributed by atoms with van der Waals surface area (Å²) >= 11 is 0. The Morgan fingerprint density at radius 2 is 2.25 bits per heavy atom. The molecule has 5 heteroatoms. The van der Waals surface area contributed by atoms with Crippen LogP contribution in [-0.4, -0.2) is 34.6 Å². The van der Waals surface area contributed by atoms with Crippen LogP contribution in [0.4, 0.5) is 4.39 Å². The summed E-state index contributed by atoms with van der Waals surface area (Å²) in [5.41, 5.74) is 0.452. The summed E-state index contributed by atoms with van der Waals surface area (Å²) in [6.07, 6.45) is 2.63. The van der Waals surface area contributed by atoms with E-state index in [2.05, 4.69) is 23.9 Å². The number of halogens is 1. The molecule has 2 heterocycles. The summed E-state index contributed by atoms with van der Waals surface area (Å²) in [6, 6.07) is 4.14. The fourth-order valence-electron chi connectivity index (χ4n) is 3.05. The first-order chi connectivity index (χ1) is 9.47. The number of hydrogen-bond donors (Lipinski definition) is 0. The van der Waals surface area contributed by atoms with E-state index in [1.165, 1.54) is 12.1 Å². The average molecular weight is 275 g/mol. The molecule has 4 nitrogen and oxygen atoms in total. The average Bonchev–Trinajstić information content (AvgIpc) is 2.73. The number of fused-ring (bicyclic) bond motifs is 1. The van der Waals surface area contributed by atoms with Gasteiger partial charge in [-0.05, 0) is 43.6 Å². The summed E-state index contributed by atoms with van der Waals surface area (Å²) in [7, 11) is 2.09. The lowest BCUT2D eigenvalue weighted by molar-refractivity contribution is 0.265. The van der Waals surface area contributed by atoms with Crippen LogP contribution in [0, 0.1) is 11.2 Å². The Kier molecular flexibility index (Phi) is 3.09. The number of likely N-dealkylation sites (tertiary alicyclic amines) is 1. The van der Waals surface area contributed by atoms with E-state index >= 15 is 0 Å². The van der Waals surface area contributed by atoms with Crippen molar-refractivity contribution < 1.29 is 4.39 Å². The molecule has 1 atom stereocenters. The Morgan fingerprint density at radius 3 is 2.95 bits per heavy atom. The molecule has 0 spiro atoms. The molecule has 1 aromatic carbocycles. The molecule has 1 saturated heterocycles. The van der Waals surface area contributed by atoms with E-state index in [4.69, 9.17) is 0 Å². The molecule has 0 bridgehead atoms. The zero-order valence-corrected chi connectivity index (χ0v) is 11.8. The molecule has 0 aliphatic carbocycles. The topological polar surface area (TPSA) is 38.1 Å². The van der Waals surface area contributed by atoms with Gasteiger partial charge in [0.05, 0.1) is 17.2 Å².